The largest absolute Gasteiger partial charge is 0.748 e. The Morgan fingerprint density at radius 1 is 0.769 bits per heavy atom. The Bertz CT molecular complexity index is 182. The van der Waals surface area contributed by atoms with E-state index in [4.69, 9.17) is 4.65 Å². The zero-order chi connectivity index (χ0) is 9.07. The summed E-state index contributed by atoms with van der Waals surface area (Å²) < 4.78 is 7.50. The summed E-state index contributed by atoms with van der Waals surface area (Å²) in [4.78, 5) is 0. The van der Waals surface area contributed by atoms with Crippen molar-refractivity contribution in [1.29, 1.82) is 0 Å². The predicted molar refractivity (Wildman–Crippen MR) is 48.0 cm³/mol. The van der Waals surface area contributed by atoms with Gasteiger partial charge in [-0.1, -0.05) is 0 Å². The van der Waals surface area contributed by atoms with Crippen molar-refractivity contribution in [1.82, 2.24) is 0 Å². The molecule has 0 fully saturated rings. The number of rotatable bonds is 0. The second-order valence-corrected chi connectivity index (χ2v) is 1.92. The minimum absolute atomic E-state index is 0. The standard InChI is InChI=1S/2C5H5.CO.Mo/c2*1-2-4-5-3-1;1-2;/h2*1-5H;;/q-5;-1;;. The summed E-state index contributed by atoms with van der Waals surface area (Å²) in [5, 5.41) is 0. The second kappa shape index (κ2) is 13.7. The van der Waals surface area contributed by atoms with E-state index in [-0.39, 0.29) is 21.1 Å². The van der Waals surface area contributed by atoms with Crippen LogP contribution in [-0.4, -0.2) is 0 Å². The molecule has 0 heterocycles. The average molecular weight is 254 g/mol. The average Bonchev–Trinajstić information content (AvgIpc) is 2.87. The maximum absolute atomic E-state index is 7.50. The molecule has 0 aliphatic rings. The van der Waals surface area contributed by atoms with Crippen molar-refractivity contribution in [2.75, 3.05) is 0 Å². The van der Waals surface area contributed by atoms with Crippen molar-refractivity contribution in [3.63, 3.8) is 0 Å². The molecule has 0 bridgehead atoms. The number of hydrogen-bond acceptors (Lipinski definition) is 0. The third-order valence-corrected chi connectivity index (χ3v) is 1.11. The Kier molecular flexibility index (Phi) is 15.4. The maximum atomic E-state index is 7.50. The van der Waals surface area contributed by atoms with Gasteiger partial charge in [-0.05, 0) is 0 Å². The zero-order valence-corrected chi connectivity index (χ0v) is 9.10. The Morgan fingerprint density at radius 2 is 1.08 bits per heavy atom. The van der Waals surface area contributed by atoms with E-state index in [0.29, 0.717) is 0 Å². The molecule has 0 N–H and O–H groups in total. The minimum Gasteiger partial charge on any atom is -0.748 e. The van der Waals surface area contributed by atoms with E-state index in [9.17, 15) is 0 Å². The van der Waals surface area contributed by atoms with Crippen molar-refractivity contribution in [3.05, 3.63) is 67.3 Å². The SMILES string of the molecule is [C-]#[O+].[Mo].[cH-]1[cH-][cH-][cH-][cH-]1.c1cc[cH-]c1. The van der Waals surface area contributed by atoms with Crippen LogP contribution >= 0.6 is 0 Å². The van der Waals surface area contributed by atoms with Crippen molar-refractivity contribution in [3.8, 4) is 0 Å². The molecular formula is C11H10MoO-6. The number of hydrogen-bond donors (Lipinski definition) is 0. The summed E-state index contributed by atoms with van der Waals surface area (Å²) in [6.45, 7) is 4.50. The van der Waals surface area contributed by atoms with Gasteiger partial charge in [0.05, 0.1) is 0 Å². The second-order valence-electron chi connectivity index (χ2n) is 1.92. The van der Waals surface area contributed by atoms with Crippen LogP contribution in [0.15, 0.2) is 60.7 Å². The predicted octanol–water partition coefficient (Wildman–Crippen LogP) is 2.77. The van der Waals surface area contributed by atoms with E-state index < -0.39 is 0 Å². The summed E-state index contributed by atoms with van der Waals surface area (Å²) in [6, 6.07) is 20.0. The van der Waals surface area contributed by atoms with Gasteiger partial charge in [0.15, 0.2) is 0 Å². The van der Waals surface area contributed by atoms with Crippen molar-refractivity contribution >= 4 is 0 Å². The Morgan fingerprint density at radius 3 is 1.23 bits per heavy atom. The van der Waals surface area contributed by atoms with Gasteiger partial charge < -0.3 is 30.3 Å². The molecule has 0 saturated carbocycles. The molecule has 13 heavy (non-hydrogen) atoms. The van der Waals surface area contributed by atoms with E-state index in [2.05, 4.69) is 6.65 Å². The first kappa shape index (κ1) is 14.6. The topological polar surface area (TPSA) is 19.9 Å². The zero-order valence-electron chi connectivity index (χ0n) is 7.09. The van der Waals surface area contributed by atoms with E-state index in [1.807, 2.05) is 60.7 Å². The van der Waals surface area contributed by atoms with Crippen LogP contribution in [0.1, 0.15) is 0 Å². The third kappa shape index (κ3) is 11.1. The van der Waals surface area contributed by atoms with Crippen LogP contribution in [0.2, 0.25) is 0 Å². The van der Waals surface area contributed by atoms with Gasteiger partial charge in [0.1, 0.15) is 0 Å². The molecule has 1 nitrogen and oxygen atoms in total. The Balaban J connectivity index is 0. The molecule has 0 aromatic heterocycles. The third-order valence-electron chi connectivity index (χ3n) is 1.11. The van der Waals surface area contributed by atoms with Crippen molar-refractivity contribution < 1.29 is 25.7 Å². The van der Waals surface area contributed by atoms with Gasteiger partial charge in [-0.15, -0.1) is 0 Å². The molecule has 0 amide bonds. The van der Waals surface area contributed by atoms with Crippen LogP contribution in [0, 0.1) is 6.65 Å². The smallest absolute Gasteiger partial charge is 0 e. The molecule has 2 rings (SSSR count). The van der Waals surface area contributed by atoms with Crippen LogP contribution in [0.5, 0.6) is 0 Å². The van der Waals surface area contributed by atoms with Crippen LogP contribution in [0.3, 0.4) is 0 Å². The molecule has 72 valence electrons. The monoisotopic (exact) mass is 256 g/mol. The van der Waals surface area contributed by atoms with Crippen molar-refractivity contribution in [2.45, 2.75) is 0 Å². The summed E-state index contributed by atoms with van der Waals surface area (Å²) in [5.41, 5.74) is 0. The quantitative estimate of drug-likeness (QED) is 0.391. The van der Waals surface area contributed by atoms with Gasteiger partial charge in [0, 0.05) is 21.1 Å². The van der Waals surface area contributed by atoms with E-state index in [1.165, 1.54) is 0 Å². The molecule has 2 aromatic rings. The van der Waals surface area contributed by atoms with Gasteiger partial charge in [0.2, 0.25) is 0 Å². The molecule has 2 heteroatoms. The summed E-state index contributed by atoms with van der Waals surface area (Å²) >= 11 is 0. The van der Waals surface area contributed by atoms with Gasteiger partial charge >= 0.3 is 11.3 Å². The van der Waals surface area contributed by atoms with Crippen molar-refractivity contribution in [2.24, 2.45) is 0 Å². The van der Waals surface area contributed by atoms with Gasteiger partial charge in [0.25, 0.3) is 0 Å². The maximum Gasteiger partial charge on any atom is 0 e. The van der Waals surface area contributed by atoms with Crippen LogP contribution in [-0.2, 0) is 25.7 Å². The first-order valence-electron chi connectivity index (χ1n) is 3.54. The van der Waals surface area contributed by atoms with Gasteiger partial charge in [-0.2, -0.15) is 18.2 Å². The van der Waals surface area contributed by atoms with Crippen LogP contribution in [0.4, 0.5) is 0 Å². The molecular weight excluding hydrogens is 244 g/mol. The molecule has 0 spiro atoms. The molecule has 0 aliphatic carbocycles. The molecule has 0 atom stereocenters. The van der Waals surface area contributed by atoms with Crippen LogP contribution < -0.4 is 0 Å². The van der Waals surface area contributed by atoms with Gasteiger partial charge in [-0.3, -0.25) is 0 Å². The van der Waals surface area contributed by atoms with Crippen LogP contribution in [0.25, 0.3) is 0 Å². The first-order chi connectivity index (χ1) is 6.00. The summed E-state index contributed by atoms with van der Waals surface area (Å²) in [5.74, 6) is 0. The molecule has 0 aliphatic heterocycles. The molecule has 0 unspecified atom stereocenters. The molecule has 0 saturated heterocycles. The Labute approximate surface area is 93.1 Å². The van der Waals surface area contributed by atoms with Gasteiger partial charge in [-0.25, -0.2) is 12.1 Å². The fourth-order valence-electron chi connectivity index (χ4n) is 0.642. The van der Waals surface area contributed by atoms with E-state index in [0.717, 1.165) is 0 Å². The van der Waals surface area contributed by atoms with E-state index >= 15 is 0 Å². The first-order valence-corrected chi connectivity index (χ1v) is 3.54. The fourth-order valence-corrected chi connectivity index (χ4v) is 0.642. The Hall–Kier alpha value is -0.872. The summed E-state index contributed by atoms with van der Waals surface area (Å²) in [7, 11) is 0. The summed E-state index contributed by atoms with van der Waals surface area (Å²) in [6.07, 6.45) is 0. The molecule has 2 aromatic carbocycles. The normalized spacial score (nSPS) is 6.31. The fraction of sp³-hybridized carbons (Fsp3) is 0. The van der Waals surface area contributed by atoms with E-state index in [1.54, 1.807) is 0 Å². The minimum atomic E-state index is 0. The molecule has 0 radical (unpaired) electrons.